The van der Waals surface area contributed by atoms with Gasteiger partial charge in [-0.3, -0.25) is 0 Å². The molecule has 1 heterocycles. The molecule has 0 fully saturated rings. The van der Waals surface area contributed by atoms with Crippen molar-refractivity contribution in [3.8, 4) is 4.62 Å². The summed E-state index contributed by atoms with van der Waals surface area (Å²) in [5.74, 6) is 0. The van der Waals surface area contributed by atoms with Crippen LogP contribution < -0.4 is 4.74 Å². The summed E-state index contributed by atoms with van der Waals surface area (Å²) in [6, 6.07) is 0. The standard InChI is InChI=1S/C4H5NOSe/c1-6-4-2-5-3-7-4/h2-3H,1H3. The Labute approximate surface area is 47.9 Å². The Bertz CT molecular complexity index is 126. The summed E-state index contributed by atoms with van der Waals surface area (Å²) in [6.07, 6.45) is 1.75. The van der Waals surface area contributed by atoms with Gasteiger partial charge < -0.3 is 0 Å². The molecule has 0 amide bonds. The molecule has 1 aromatic heterocycles. The van der Waals surface area contributed by atoms with Crippen molar-refractivity contribution >= 4 is 14.5 Å². The van der Waals surface area contributed by atoms with Gasteiger partial charge in [-0.25, -0.2) is 0 Å². The van der Waals surface area contributed by atoms with E-state index in [4.69, 9.17) is 4.74 Å². The molecule has 0 saturated heterocycles. The van der Waals surface area contributed by atoms with Crippen LogP contribution in [0.3, 0.4) is 0 Å². The zero-order chi connectivity index (χ0) is 5.11. The quantitative estimate of drug-likeness (QED) is 0.548. The SMILES string of the molecule is COc1cnc[se]1. The molecule has 0 spiro atoms. The summed E-state index contributed by atoms with van der Waals surface area (Å²) in [5, 5.41) is 1.88. The van der Waals surface area contributed by atoms with Crippen LogP contribution in [0.1, 0.15) is 0 Å². The predicted octanol–water partition coefficient (Wildman–Crippen LogP) is 0.147. The second-order valence-corrected chi connectivity index (χ2v) is 2.81. The first-order valence-corrected chi connectivity index (χ1v) is 3.70. The Hall–Kier alpha value is -0.271. The number of hydrogen-bond donors (Lipinski definition) is 0. The van der Waals surface area contributed by atoms with E-state index in [0.29, 0.717) is 14.5 Å². The van der Waals surface area contributed by atoms with Crippen molar-refractivity contribution in [2.24, 2.45) is 0 Å². The number of rotatable bonds is 1. The van der Waals surface area contributed by atoms with Gasteiger partial charge in [0.05, 0.1) is 0 Å². The molecule has 0 N–H and O–H groups in total. The van der Waals surface area contributed by atoms with E-state index in [1.807, 2.05) is 5.07 Å². The fraction of sp³-hybridized carbons (Fsp3) is 0.250. The van der Waals surface area contributed by atoms with Gasteiger partial charge in [0.1, 0.15) is 0 Å². The first-order valence-electron chi connectivity index (χ1n) is 1.86. The summed E-state index contributed by atoms with van der Waals surface area (Å²) in [7, 11) is 1.67. The molecule has 38 valence electrons. The van der Waals surface area contributed by atoms with Gasteiger partial charge in [0.2, 0.25) is 0 Å². The van der Waals surface area contributed by atoms with Gasteiger partial charge in [-0.05, 0) is 0 Å². The molecule has 7 heavy (non-hydrogen) atoms. The van der Waals surface area contributed by atoms with E-state index < -0.39 is 0 Å². The first kappa shape index (κ1) is 4.88. The van der Waals surface area contributed by atoms with Crippen molar-refractivity contribution in [2.45, 2.75) is 0 Å². The summed E-state index contributed by atoms with van der Waals surface area (Å²) in [6.45, 7) is 0. The summed E-state index contributed by atoms with van der Waals surface area (Å²) < 4.78 is 5.88. The first-order chi connectivity index (χ1) is 3.43. The number of aromatic nitrogens is 1. The number of nitrogens with zero attached hydrogens (tertiary/aromatic N) is 1. The van der Waals surface area contributed by atoms with E-state index in [2.05, 4.69) is 4.98 Å². The van der Waals surface area contributed by atoms with Crippen LogP contribution in [-0.2, 0) is 0 Å². The molecule has 0 unspecified atom stereocenters. The Morgan fingerprint density at radius 3 is 3.00 bits per heavy atom. The van der Waals surface area contributed by atoms with Gasteiger partial charge in [0.25, 0.3) is 0 Å². The van der Waals surface area contributed by atoms with E-state index in [1.54, 1.807) is 13.3 Å². The number of methoxy groups -OCH3 is 1. The molecule has 1 aromatic rings. The second kappa shape index (κ2) is 2.15. The third kappa shape index (κ3) is 1.05. The Morgan fingerprint density at radius 1 is 1.86 bits per heavy atom. The molecule has 0 atom stereocenters. The molecular weight excluding hydrogens is 157 g/mol. The summed E-state index contributed by atoms with van der Waals surface area (Å²) in [5.41, 5.74) is 0. The van der Waals surface area contributed by atoms with Gasteiger partial charge in [0, 0.05) is 0 Å². The van der Waals surface area contributed by atoms with Crippen molar-refractivity contribution in [3.63, 3.8) is 0 Å². The molecule has 0 aliphatic heterocycles. The van der Waals surface area contributed by atoms with E-state index in [9.17, 15) is 0 Å². The van der Waals surface area contributed by atoms with Crippen LogP contribution in [0.4, 0.5) is 0 Å². The molecule has 0 saturated carbocycles. The monoisotopic (exact) mass is 163 g/mol. The maximum absolute atomic E-state index is 4.88. The van der Waals surface area contributed by atoms with Crippen LogP contribution in [-0.4, -0.2) is 26.6 Å². The third-order valence-corrected chi connectivity index (χ3v) is 2.15. The van der Waals surface area contributed by atoms with Crippen molar-refractivity contribution in [1.82, 2.24) is 4.98 Å². The zero-order valence-electron chi connectivity index (χ0n) is 3.92. The van der Waals surface area contributed by atoms with Gasteiger partial charge in [-0.2, -0.15) is 0 Å². The van der Waals surface area contributed by atoms with Crippen LogP contribution in [0.5, 0.6) is 4.62 Å². The van der Waals surface area contributed by atoms with Gasteiger partial charge in [-0.15, -0.1) is 0 Å². The topological polar surface area (TPSA) is 22.1 Å². The molecule has 0 aliphatic rings. The molecular formula is C4H5NOSe. The summed E-state index contributed by atoms with van der Waals surface area (Å²) in [4.78, 5) is 3.85. The minimum absolute atomic E-state index is 0.384. The van der Waals surface area contributed by atoms with Crippen molar-refractivity contribution in [1.29, 1.82) is 0 Å². The van der Waals surface area contributed by atoms with Crippen LogP contribution >= 0.6 is 0 Å². The average Bonchev–Trinajstić information content (AvgIpc) is 2.14. The summed E-state index contributed by atoms with van der Waals surface area (Å²) >= 11 is 0.384. The zero-order valence-corrected chi connectivity index (χ0v) is 5.63. The normalized spacial score (nSPS) is 8.71. The van der Waals surface area contributed by atoms with Crippen molar-refractivity contribution < 1.29 is 4.74 Å². The van der Waals surface area contributed by atoms with E-state index >= 15 is 0 Å². The predicted molar refractivity (Wildman–Crippen MR) is 27.7 cm³/mol. The number of hydrogen-bond acceptors (Lipinski definition) is 2. The molecule has 0 radical (unpaired) electrons. The van der Waals surface area contributed by atoms with E-state index in [1.165, 1.54) is 0 Å². The minimum atomic E-state index is 0.384. The van der Waals surface area contributed by atoms with Gasteiger partial charge >= 0.3 is 47.2 Å². The average molecular weight is 162 g/mol. The van der Waals surface area contributed by atoms with Crippen LogP contribution in [0.25, 0.3) is 0 Å². The van der Waals surface area contributed by atoms with Crippen LogP contribution in [0.15, 0.2) is 11.3 Å². The Kier molecular flexibility index (Phi) is 1.49. The van der Waals surface area contributed by atoms with Crippen molar-refractivity contribution in [3.05, 3.63) is 11.3 Å². The molecule has 0 aliphatic carbocycles. The van der Waals surface area contributed by atoms with Gasteiger partial charge in [-0.1, -0.05) is 0 Å². The molecule has 3 heteroatoms. The maximum atomic E-state index is 4.88. The van der Waals surface area contributed by atoms with Gasteiger partial charge in [0.15, 0.2) is 0 Å². The second-order valence-electron chi connectivity index (χ2n) is 1.02. The van der Waals surface area contributed by atoms with Crippen LogP contribution in [0.2, 0.25) is 0 Å². The van der Waals surface area contributed by atoms with E-state index in [0.717, 1.165) is 4.62 Å². The fourth-order valence-electron chi connectivity index (χ4n) is 0.305. The molecule has 1 rings (SSSR count). The Balaban J connectivity index is 2.76. The van der Waals surface area contributed by atoms with Crippen LogP contribution in [0, 0.1) is 0 Å². The molecule has 0 aromatic carbocycles. The fourth-order valence-corrected chi connectivity index (χ4v) is 1.24. The third-order valence-electron chi connectivity index (χ3n) is 0.611. The Morgan fingerprint density at radius 2 is 2.71 bits per heavy atom. The van der Waals surface area contributed by atoms with Crippen molar-refractivity contribution in [2.75, 3.05) is 7.11 Å². The molecule has 2 nitrogen and oxygen atoms in total. The van der Waals surface area contributed by atoms with E-state index in [-0.39, 0.29) is 0 Å². The number of ether oxygens (including phenoxy) is 1. The molecule has 0 bridgehead atoms.